The molecule has 5 aromatic heterocycles. The summed E-state index contributed by atoms with van der Waals surface area (Å²) in [5, 5.41) is 7.14. The molecule has 6 nitrogen and oxygen atoms in total. The molecule has 0 saturated heterocycles. The van der Waals surface area contributed by atoms with Gasteiger partial charge >= 0.3 is 0 Å². The van der Waals surface area contributed by atoms with Gasteiger partial charge in [-0.15, -0.1) is 0 Å². The summed E-state index contributed by atoms with van der Waals surface area (Å²) in [6, 6.07) is 82.2. The van der Waals surface area contributed by atoms with Crippen molar-refractivity contribution in [3.05, 3.63) is 231 Å². The summed E-state index contributed by atoms with van der Waals surface area (Å²) in [6.07, 6.45) is 0. The highest BCUT2D eigenvalue weighted by atomic mass is 15.2. The zero-order valence-electron chi connectivity index (χ0n) is 36.1. The average Bonchev–Trinajstić information content (AvgIpc) is 4.05. The number of nitrogens with zero attached hydrogens (tertiary/aromatic N) is 6. The fraction of sp³-hybridized carbons (Fsp3) is 0. The molecule has 67 heavy (non-hydrogen) atoms. The van der Waals surface area contributed by atoms with Crippen LogP contribution in [0.15, 0.2) is 231 Å². The standard InChI is InChI=1S/C61H38N6/c1-5-19-39(20-6-1)55-56-48-30-14-13-27-45(48)46-28-15-18-32-52(46)67(56)57-50-38-43(34-36-54(50)65(58(55)57)44-25-11-4-12-26-44)42-33-35-53-49(37-42)47-29-16-17-31-51(47)66(53)61-63-59(40-21-7-2-8-22-40)62-60(64-61)41-23-9-3-10-24-41/h1-38H. The minimum atomic E-state index is 0.576. The van der Waals surface area contributed by atoms with Crippen LogP contribution in [0.2, 0.25) is 0 Å². The third kappa shape index (κ3) is 5.66. The number of rotatable bonds is 6. The summed E-state index contributed by atoms with van der Waals surface area (Å²) < 4.78 is 7.21. The van der Waals surface area contributed by atoms with Crippen molar-refractivity contribution >= 4 is 70.9 Å². The first-order valence-corrected chi connectivity index (χ1v) is 22.7. The first kappa shape index (κ1) is 37.3. The maximum atomic E-state index is 5.17. The molecule has 0 fully saturated rings. The Morgan fingerprint density at radius 2 is 0.731 bits per heavy atom. The lowest BCUT2D eigenvalue weighted by atomic mass is 10.00. The Balaban J connectivity index is 1.05. The topological polar surface area (TPSA) is 52.9 Å². The van der Waals surface area contributed by atoms with Gasteiger partial charge < -0.3 is 8.97 Å². The summed E-state index contributed by atoms with van der Waals surface area (Å²) in [7, 11) is 0. The molecule has 14 aromatic rings. The minimum Gasteiger partial charge on any atom is -0.307 e. The molecule has 0 unspecified atom stereocenters. The highest BCUT2D eigenvalue weighted by Gasteiger charge is 2.27. The highest BCUT2D eigenvalue weighted by Crippen LogP contribution is 2.47. The number of para-hydroxylation sites is 3. The Bertz CT molecular complexity index is 4190. The molecule has 0 aliphatic rings. The molecule has 312 valence electrons. The number of hydrogen-bond donors (Lipinski definition) is 0. The highest BCUT2D eigenvalue weighted by molar-refractivity contribution is 6.26. The summed E-state index contributed by atoms with van der Waals surface area (Å²) in [4.78, 5) is 15.3. The number of pyridine rings is 1. The van der Waals surface area contributed by atoms with Crippen molar-refractivity contribution in [1.29, 1.82) is 0 Å². The number of benzene rings is 9. The second-order valence-corrected chi connectivity index (χ2v) is 17.2. The summed E-state index contributed by atoms with van der Waals surface area (Å²) in [5.41, 5.74) is 15.6. The zero-order chi connectivity index (χ0) is 44.0. The van der Waals surface area contributed by atoms with Crippen LogP contribution in [0.25, 0.3) is 128 Å². The average molecular weight is 855 g/mol. The fourth-order valence-electron chi connectivity index (χ4n) is 10.6. The van der Waals surface area contributed by atoms with Crippen LogP contribution < -0.4 is 0 Å². The van der Waals surface area contributed by atoms with Gasteiger partial charge in [-0.05, 0) is 70.6 Å². The first-order chi connectivity index (χ1) is 33.3. The van der Waals surface area contributed by atoms with E-state index in [0.29, 0.717) is 17.6 Å². The van der Waals surface area contributed by atoms with E-state index in [-0.39, 0.29) is 0 Å². The van der Waals surface area contributed by atoms with Gasteiger partial charge in [0.1, 0.15) is 0 Å². The molecule has 0 aliphatic carbocycles. The van der Waals surface area contributed by atoms with Crippen LogP contribution in [0.4, 0.5) is 0 Å². The number of fused-ring (bicyclic) bond motifs is 13. The van der Waals surface area contributed by atoms with Crippen LogP contribution in [0.5, 0.6) is 0 Å². The molecule has 6 heteroatoms. The van der Waals surface area contributed by atoms with E-state index in [1.807, 2.05) is 36.4 Å². The van der Waals surface area contributed by atoms with Gasteiger partial charge in [0.25, 0.3) is 0 Å². The molecule has 0 atom stereocenters. The molecule has 0 N–H and O–H groups in total. The van der Waals surface area contributed by atoms with Gasteiger partial charge in [-0.2, -0.15) is 9.97 Å². The minimum absolute atomic E-state index is 0.576. The Hall–Kier alpha value is -9.13. The van der Waals surface area contributed by atoms with Gasteiger partial charge in [0.2, 0.25) is 5.95 Å². The molecule has 9 aromatic carbocycles. The lowest BCUT2D eigenvalue weighted by Crippen LogP contribution is -2.06. The SMILES string of the molecule is c1ccc(-c2nc(-c3ccccc3)nc(-n3c4ccccc4c4cc(-c5ccc6c(c5)c5c(c(-c7ccccc7)c7c8ccccc8c8ccccc8n75)n6-c5ccccc5)ccc43)n2)cc1. The van der Waals surface area contributed by atoms with Gasteiger partial charge in [0.05, 0.1) is 38.6 Å². The predicted molar refractivity (Wildman–Crippen MR) is 276 cm³/mol. The van der Waals surface area contributed by atoms with Crippen LogP contribution >= 0.6 is 0 Å². The van der Waals surface area contributed by atoms with Crippen molar-refractivity contribution in [3.63, 3.8) is 0 Å². The molecule has 0 bridgehead atoms. The molecule has 0 saturated carbocycles. The molecular formula is C61H38N6. The summed E-state index contributed by atoms with van der Waals surface area (Å²) in [6.45, 7) is 0. The Labute approximate surface area is 384 Å². The van der Waals surface area contributed by atoms with Crippen LogP contribution in [0.3, 0.4) is 0 Å². The van der Waals surface area contributed by atoms with Crippen LogP contribution in [-0.4, -0.2) is 28.5 Å². The molecular weight excluding hydrogens is 817 g/mol. The molecule has 0 amide bonds. The zero-order valence-corrected chi connectivity index (χ0v) is 36.1. The van der Waals surface area contributed by atoms with Crippen molar-refractivity contribution < 1.29 is 0 Å². The Kier molecular flexibility index (Phi) is 8.18. The van der Waals surface area contributed by atoms with Gasteiger partial charge in [0.15, 0.2) is 11.6 Å². The lowest BCUT2D eigenvalue weighted by molar-refractivity contribution is 0.953. The van der Waals surface area contributed by atoms with Gasteiger partial charge in [-0.1, -0.05) is 182 Å². The van der Waals surface area contributed by atoms with Crippen molar-refractivity contribution in [2.24, 2.45) is 0 Å². The summed E-state index contributed by atoms with van der Waals surface area (Å²) in [5.74, 6) is 1.83. The van der Waals surface area contributed by atoms with Crippen LogP contribution in [0.1, 0.15) is 0 Å². The van der Waals surface area contributed by atoms with Crippen LogP contribution in [-0.2, 0) is 0 Å². The number of aromatic nitrogens is 6. The van der Waals surface area contributed by atoms with E-state index in [2.05, 4.69) is 208 Å². The van der Waals surface area contributed by atoms with E-state index in [1.54, 1.807) is 0 Å². The second-order valence-electron chi connectivity index (χ2n) is 17.2. The third-order valence-corrected chi connectivity index (χ3v) is 13.4. The summed E-state index contributed by atoms with van der Waals surface area (Å²) >= 11 is 0. The number of hydrogen-bond acceptors (Lipinski definition) is 3. The molecule has 0 radical (unpaired) electrons. The van der Waals surface area contributed by atoms with Gasteiger partial charge in [-0.25, -0.2) is 4.98 Å². The van der Waals surface area contributed by atoms with Crippen LogP contribution in [0, 0.1) is 0 Å². The largest absolute Gasteiger partial charge is 0.307 e. The van der Waals surface area contributed by atoms with E-state index in [9.17, 15) is 0 Å². The Morgan fingerprint density at radius 1 is 0.269 bits per heavy atom. The van der Waals surface area contributed by atoms with E-state index in [4.69, 9.17) is 15.0 Å². The quantitative estimate of drug-likeness (QED) is 0.157. The smallest absolute Gasteiger partial charge is 0.238 e. The molecule has 5 heterocycles. The van der Waals surface area contributed by atoms with Crippen molar-refractivity contribution in [1.82, 2.24) is 28.5 Å². The maximum absolute atomic E-state index is 5.17. The second kappa shape index (κ2) is 14.7. The maximum Gasteiger partial charge on any atom is 0.238 e. The van der Waals surface area contributed by atoms with E-state index >= 15 is 0 Å². The van der Waals surface area contributed by atoms with E-state index in [0.717, 1.165) is 55.3 Å². The van der Waals surface area contributed by atoms with Crippen molar-refractivity contribution in [3.8, 4) is 56.7 Å². The first-order valence-electron chi connectivity index (χ1n) is 22.7. The van der Waals surface area contributed by atoms with Gasteiger partial charge in [0, 0.05) is 49.3 Å². The lowest BCUT2D eigenvalue weighted by Gasteiger charge is -2.13. The Morgan fingerprint density at radius 3 is 1.36 bits per heavy atom. The molecule has 0 aliphatic heterocycles. The van der Waals surface area contributed by atoms with E-state index in [1.165, 1.54) is 54.7 Å². The molecule has 0 spiro atoms. The fourth-order valence-corrected chi connectivity index (χ4v) is 10.6. The van der Waals surface area contributed by atoms with Gasteiger partial charge in [-0.3, -0.25) is 4.57 Å². The normalized spacial score (nSPS) is 11.9. The van der Waals surface area contributed by atoms with Crippen molar-refractivity contribution in [2.45, 2.75) is 0 Å². The third-order valence-electron chi connectivity index (χ3n) is 13.4. The van der Waals surface area contributed by atoms with E-state index < -0.39 is 0 Å². The molecule has 14 rings (SSSR count). The monoisotopic (exact) mass is 854 g/mol. The predicted octanol–water partition coefficient (Wildman–Crippen LogP) is 15.3. The van der Waals surface area contributed by atoms with Crippen molar-refractivity contribution in [2.75, 3.05) is 0 Å².